The van der Waals surface area contributed by atoms with Crippen molar-refractivity contribution in [2.24, 2.45) is 0 Å². The van der Waals surface area contributed by atoms with Gasteiger partial charge >= 0.3 is 0 Å². The zero-order chi connectivity index (χ0) is 11.1. The highest BCUT2D eigenvalue weighted by Gasteiger charge is 2.16. The van der Waals surface area contributed by atoms with Gasteiger partial charge in [-0.1, -0.05) is 13.8 Å². The third-order valence-electron chi connectivity index (χ3n) is 3.17. The molecule has 15 heavy (non-hydrogen) atoms. The molecule has 3 heteroatoms. The smallest absolute Gasteiger partial charge is 0.0169 e. The third-order valence-corrected chi connectivity index (χ3v) is 4.22. The molecule has 0 amide bonds. The minimum atomic E-state index is 0.637. The average Bonchev–Trinajstić information content (AvgIpc) is 2.27. The minimum absolute atomic E-state index is 0.637. The number of nitrogens with one attached hydrogen (secondary N) is 1. The van der Waals surface area contributed by atoms with Gasteiger partial charge in [-0.05, 0) is 44.4 Å². The molecule has 1 aliphatic rings. The highest BCUT2D eigenvalue weighted by atomic mass is 32.2. The summed E-state index contributed by atoms with van der Waals surface area (Å²) >= 11 is 2.10. The molecule has 0 saturated carbocycles. The van der Waals surface area contributed by atoms with E-state index in [2.05, 4.69) is 42.7 Å². The molecule has 1 fully saturated rings. The summed E-state index contributed by atoms with van der Waals surface area (Å²) < 4.78 is 0. The zero-order valence-electron chi connectivity index (χ0n) is 10.5. The highest BCUT2D eigenvalue weighted by Crippen LogP contribution is 2.17. The van der Waals surface area contributed by atoms with Crippen LogP contribution in [0.3, 0.4) is 0 Å². The van der Waals surface area contributed by atoms with Gasteiger partial charge in [0.2, 0.25) is 0 Å². The zero-order valence-corrected chi connectivity index (χ0v) is 11.3. The van der Waals surface area contributed by atoms with E-state index in [1.165, 1.54) is 44.0 Å². The van der Waals surface area contributed by atoms with Crippen molar-refractivity contribution in [3.05, 3.63) is 0 Å². The van der Waals surface area contributed by atoms with E-state index in [-0.39, 0.29) is 0 Å². The number of nitrogens with zero attached hydrogens (tertiary/aromatic N) is 1. The molecule has 0 aromatic rings. The average molecular weight is 230 g/mol. The molecule has 0 radical (unpaired) electrons. The predicted octanol–water partition coefficient (Wildman–Crippen LogP) is 2.20. The van der Waals surface area contributed by atoms with Gasteiger partial charge in [0, 0.05) is 18.6 Å². The highest BCUT2D eigenvalue weighted by molar-refractivity contribution is 7.99. The minimum Gasteiger partial charge on any atom is -0.310 e. The molecule has 1 unspecified atom stereocenters. The molecule has 1 rings (SSSR count). The fourth-order valence-electron chi connectivity index (χ4n) is 2.19. The number of hydrogen-bond donors (Lipinski definition) is 1. The fraction of sp³-hybridized carbons (Fsp3) is 1.00. The third kappa shape index (κ3) is 5.23. The normalized spacial score (nSPS) is 20.8. The van der Waals surface area contributed by atoms with Crippen LogP contribution in [0.5, 0.6) is 0 Å². The molecule has 0 bridgehead atoms. The van der Waals surface area contributed by atoms with Gasteiger partial charge in [0.1, 0.15) is 0 Å². The molecule has 1 atom stereocenters. The van der Waals surface area contributed by atoms with Crippen LogP contribution in [0.1, 0.15) is 33.6 Å². The van der Waals surface area contributed by atoms with Crippen LogP contribution in [-0.2, 0) is 0 Å². The maximum atomic E-state index is 3.76. The Morgan fingerprint density at radius 1 is 1.27 bits per heavy atom. The van der Waals surface area contributed by atoms with Crippen molar-refractivity contribution in [2.45, 2.75) is 45.7 Å². The lowest BCUT2D eigenvalue weighted by Crippen LogP contribution is -2.45. The summed E-state index contributed by atoms with van der Waals surface area (Å²) in [5.41, 5.74) is 0. The van der Waals surface area contributed by atoms with E-state index in [1.54, 1.807) is 0 Å². The van der Waals surface area contributed by atoms with E-state index in [0.717, 1.165) is 6.04 Å². The molecule has 1 N–H and O–H groups in total. The maximum Gasteiger partial charge on any atom is 0.0169 e. The van der Waals surface area contributed by atoms with E-state index in [0.29, 0.717) is 6.04 Å². The summed E-state index contributed by atoms with van der Waals surface area (Å²) in [5, 5.41) is 3.76. The van der Waals surface area contributed by atoms with Gasteiger partial charge in [-0.15, -0.1) is 0 Å². The van der Waals surface area contributed by atoms with Crippen molar-refractivity contribution >= 4 is 11.8 Å². The maximum absolute atomic E-state index is 3.76. The van der Waals surface area contributed by atoms with E-state index < -0.39 is 0 Å². The Morgan fingerprint density at radius 3 is 2.40 bits per heavy atom. The van der Waals surface area contributed by atoms with Crippen molar-refractivity contribution in [1.82, 2.24) is 10.2 Å². The van der Waals surface area contributed by atoms with E-state index in [4.69, 9.17) is 0 Å². The molecule has 0 spiro atoms. The lowest BCUT2D eigenvalue weighted by atomic mass is 10.1. The summed E-state index contributed by atoms with van der Waals surface area (Å²) in [6, 6.07) is 1.41. The van der Waals surface area contributed by atoms with Gasteiger partial charge in [-0.3, -0.25) is 0 Å². The molecular formula is C12H26N2S. The Morgan fingerprint density at radius 2 is 1.87 bits per heavy atom. The van der Waals surface area contributed by atoms with E-state index in [9.17, 15) is 0 Å². The first-order chi connectivity index (χ1) is 7.26. The first-order valence-electron chi connectivity index (χ1n) is 6.32. The fourth-order valence-corrected chi connectivity index (χ4v) is 3.29. The van der Waals surface area contributed by atoms with Gasteiger partial charge < -0.3 is 10.2 Å². The van der Waals surface area contributed by atoms with Crippen LogP contribution in [0.25, 0.3) is 0 Å². The SMILES string of the molecule is CCN(CC)CC(C)NC1CCSCC1. The second-order valence-corrected chi connectivity index (χ2v) is 5.66. The summed E-state index contributed by atoms with van der Waals surface area (Å²) in [6.07, 6.45) is 2.71. The topological polar surface area (TPSA) is 15.3 Å². The van der Waals surface area contributed by atoms with Gasteiger partial charge in [0.15, 0.2) is 0 Å². The molecular weight excluding hydrogens is 204 g/mol. The Labute approximate surface area is 99.2 Å². The molecule has 1 heterocycles. The molecule has 0 aromatic heterocycles. The Kier molecular flexibility index (Phi) is 6.69. The largest absolute Gasteiger partial charge is 0.310 e. The number of hydrogen-bond acceptors (Lipinski definition) is 3. The lowest BCUT2D eigenvalue weighted by molar-refractivity contribution is 0.258. The van der Waals surface area contributed by atoms with Crippen molar-refractivity contribution in [3.8, 4) is 0 Å². The first-order valence-corrected chi connectivity index (χ1v) is 7.47. The van der Waals surface area contributed by atoms with E-state index in [1.807, 2.05) is 0 Å². The Hall–Kier alpha value is 0.270. The molecule has 1 saturated heterocycles. The van der Waals surface area contributed by atoms with Crippen LogP contribution in [0, 0.1) is 0 Å². The van der Waals surface area contributed by atoms with Gasteiger partial charge in [-0.25, -0.2) is 0 Å². The van der Waals surface area contributed by atoms with Crippen LogP contribution >= 0.6 is 11.8 Å². The van der Waals surface area contributed by atoms with Gasteiger partial charge in [0.25, 0.3) is 0 Å². The van der Waals surface area contributed by atoms with Crippen molar-refractivity contribution in [1.29, 1.82) is 0 Å². The van der Waals surface area contributed by atoms with Crippen molar-refractivity contribution in [2.75, 3.05) is 31.1 Å². The molecule has 0 aromatic carbocycles. The first kappa shape index (κ1) is 13.3. The predicted molar refractivity (Wildman–Crippen MR) is 70.7 cm³/mol. The second kappa shape index (κ2) is 7.53. The van der Waals surface area contributed by atoms with Crippen LogP contribution in [0.2, 0.25) is 0 Å². The number of rotatable bonds is 6. The molecule has 2 nitrogen and oxygen atoms in total. The standard InChI is InChI=1S/C12H26N2S/c1-4-14(5-2)10-11(3)13-12-6-8-15-9-7-12/h11-13H,4-10H2,1-3H3. The Bertz CT molecular complexity index is 154. The lowest BCUT2D eigenvalue weighted by Gasteiger charge is -2.29. The number of thioether (sulfide) groups is 1. The monoisotopic (exact) mass is 230 g/mol. The second-order valence-electron chi connectivity index (χ2n) is 4.44. The summed E-state index contributed by atoms with van der Waals surface area (Å²) in [4.78, 5) is 2.50. The van der Waals surface area contributed by atoms with E-state index >= 15 is 0 Å². The van der Waals surface area contributed by atoms with Crippen LogP contribution < -0.4 is 5.32 Å². The van der Waals surface area contributed by atoms with Crippen molar-refractivity contribution in [3.63, 3.8) is 0 Å². The summed E-state index contributed by atoms with van der Waals surface area (Å²) in [5.74, 6) is 2.69. The summed E-state index contributed by atoms with van der Waals surface area (Å²) in [7, 11) is 0. The van der Waals surface area contributed by atoms with Crippen LogP contribution in [0.15, 0.2) is 0 Å². The van der Waals surface area contributed by atoms with Gasteiger partial charge in [-0.2, -0.15) is 11.8 Å². The number of likely N-dealkylation sites (N-methyl/N-ethyl adjacent to an activating group) is 1. The van der Waals surface area contributed by atoms with Crippen LogP contribution in [-0.4, -0.2) is 48.1 Å². The van der Waals surface area contributed by atoms with Crippen LogP contribution in [0.4, 0.5) is 0 Å². The van der Waals surface area contributed by atoms with Crippen molar-refractivity contribution < 1.29 is 0 Å². The quantitative estimate of drug-likeness (QED) is 0.753. The Balaban J connectivity index is 2.18. The summed E-state index contributed by atoms with van der Waals surface area (Å²) in [6.45, 7) is 10.3. The molecule has 90 valence electrons. The van der Waals surface area contributed by atoms with Gasteiger partial charge in [0.05, 0.1) is 0 Å². The molecule has 1 aliphatic heterocycles. The molecule has 0 aliphatic carbocycles.